The van der Waals surface area contributed by atoms with Crippen molar-refractivity contribution in [3.63, 3.8) is 0 Å². The summed E-state index contributed by atoms with van der Waals surface area (Å²) in [5.41, 5.74) is 1.72. The maximum atomic E-state index is 13.1. The quantitative estimate of drug-likeness (QED) is 0.326. The second kappa shape index (κ2) is 13.5. The summed E-state index contributed by atoms with van der Waals surface area (Å²) in [6.07, 6.45) is 0.680. The summed E-state index contributed by atoms with van der Waals surface area (Å²) in [5.74, 6) is 0.00311. The number of nitrogens with zero attached hydrogens (tertiary/aromatic N) is 4. The Labute approximate surface area is 228 Å². The second-order valence-corrected chi connectivity index (χ2v) is 11.7. The van der Waals surface area contributed by atoms with Gasteiger partial charge in [-0.25, -0.2) is 13.2 Å². The predicted octanol–water partition coefficient (Wildman–Crippen LogP) is 3.54. The highest BCUT2D eigenvalue weighted by Gasteiger charge is 2.23. The molecule has 0 atom stereocenters. The third-order valence-electron chi connectivity index (χ3n) is 5.62. The first-order valence-electron chi connectivity index (χ1n) is 12.5. The molecule has 1 aromatic heterocycles. The van der Waals surface area contributed by atoms with Crippen LogP contribution in [-0.2, 0) is 27.8 Å². The van der Waals surface area contributed by atoms with Crippen LogP contribution in [-0.4, -0.2) is 64.3 Å². The summed E-state index contributed by atoms with van der Waals surface area (Å²) in [6, 6.07) is 15.9. The molecule has 3 rings (SSSR count). The highest BCUT2D eigenvalue weighted by Crippen LogP contribution is 2.27. The molecule has 0 bridgehead atoms. The number of amides is 3. The minimum atomic E-state index is -3.65. The number of rotatable bonds is 12. The summed E-state index contributed by atoms with van der Waals surface area (Å²) < 4.78 is 29.5. The number of hydrogen-bond acceptors (Lipinski definition) is 7. The molecule has 12 heteroatoms. The van der Waals surface area contributed by atoms with Crippen LogP contribution in [0.4, 0.5) is 4.79 Å². The molecule has 0 spiro atoms. The molecular formula is C26H34N6O4S2. The number of carbonyl (C=O) groups excluding carboxylic acids is 2. The Morgan fingerprint density at radius 2 is 1.74 bits per heavy atom. The van der Waals surface area contributed by atoms with Crippen LogP contribution >= 0.6 is 11.8 Å². The molecule has 3 aromatic rings. The molecule has 2 aromatic carbocycles. The van der Waals surface area contributed by atoms with Crippen LogP contribution in [0.15, 0.2) is 64.6 Å². The van der Waals surface area contributed by atoms with E-state index in [4.69, 9.17) is 0 Å². The van der Waals surface area contributed by atoms with Gasteiger partial charge in [-0.15, -0.1) is 10.2 Å². The fraction of sp³-hybridized carbons (Fsp3) is 0.385. The van der Waals surface area contributed by atoms with E-state index in [1.807, 2.05) is 34.9 Å². The first-order chi connectivity index (χ1) is 18.1. The van der Waals surface area contributed by atoms with Crippen LogP contribution in [0.2, 0.25) is 0 Å². The topological polar surface area (TPSA) is 126 Å². The molecule has 1 heterocycles. The number of imide groups is 1. The Kier molecular flexibility index (Phi) is 10.5. The van der Waals surface area contributed by atoms with E-state index in [1.54, 1.807) is 52.0 Å². The van der Waals surface area contributed by atoms with Crippen LogP contribution < -0.4 is 10.6 Å². The largest absolute Gasteiger partial charge is 0.336 e. The Hall–Kier alpha value is -3.22. The van der Waals surface area contributed by atoms with E-state index in [0.29, 0.717) is 42.6 Å². The van der Waals surface area contributed by atoms with Gasteiger partial charge in [0, 0.05) is 31.2 Å². The van der Waals surface area contributed by atoms with E-state index >= 15 is 0 Å². The van der Waals surface area contributed by atoms with Crippen molar-refractivity contribution in [2.75, 3.05) is 18.8 Å². The number of hydrogen-bond donors (Lipinski definition) is 2. The van der Waals surface area contributed by atoms with Gasteiger partial charge in [0.25, 0.3) is 0 Å². The van der Waals surface area contributed by atoms with Gasteiger partial charge in [-0.2, -0.15) is 4.31 Å². The molecule has 0 aliphatic heterocycles. The van der Waals surface area contributed by atoms with Crippen molar-refractivity contribution in [1.29, 1.82) is 0 Å². The molecule has 38 heavy (non-hydrogen) atoms. The Bertz CT molecular complexity index is 1340. The van der Waals surface area contributed by atoms with Gasteiger partial charge in [0.2, 0.25) is 15.9 Å². The van der Waals surface area contributed by atoms with Gasteiger partial charge >= 0.3 is 6.03 Å². The van der Waals surface area contributed by atoms with Crippen molar-refractivity contribution in [3.8, 4) is 11.4 Å². The van der Waals surface area contributed by atoms with Crippen molar-refractivity contribution in [1.82, 2.24) is 29.7 Å². The van der Waals surface area contributed by atoms with Gasteiger partial charge in [-0.1, -0.05) is 68.1 Å². The number of nitrogens with one attached hydrogen (secondary N) is 2. The number of thioether (sulfide) groups is 1. The van der Waals surface area contributed by atoms with Gasteiger partial charge < -0.3 is 9.88 Å². The summed E-state index contributed by atoms with van der Waals surface area (Å²) in [5, 5.41) is 14.1. The Morgan fingerprint density at radius 3 is 2.39 bits per heavy atom. The van der Waals surface area contributed by atoms with E-state index in [9.17, 15) is 18.0 Å². The number of aromatic nitrogens is 3. The smallest absolute Gasteiger partial charge is 0.321 e. The summed E-state index contributed by atoms with van der Waals surface area (Å²) in [4.78, 5) is 24.4. The van der Waals surface area contributed by atoms with Crippen molar-refractivity contribution >= 4 is 33.7 Å². The number of urea groups is 1. The molecule has 2 N–H and O–H groups in total. The molecule has 0 saturated heterocycles. The molecule has 0 fully saturated rings. The first-order valence-corrected chi connectivity index (χ1v) is 14.9. The molecule has 10 nitrogen and oxygen atoms in total. The van der Waals surface area contributed by atoms with E-state index in [0.717, 1.165) is 17.3 Å². The lowest BCUT2D eigenvalue weighted by Crippen LogP contribution is -2.43. The van der Waals surface area contributed by atoms with Gasteiger partial charge in [0.05, 0.1) is 10.6 Å². The number of carbonyl (C=O) groups is 2. The van der Waals surface area contributed by atoms with Crippen LogP contribution in [0.1, 0.15) is 33.3 Å². The van der Waals surface area contributed by atoms with Crippen molar-refractivity contribution in [2.24, 2.45) is 0 Å². The maximum absolute atomic E-state index is 13.1. The molecule has 0 aliphatic carbocycles. The lowest BCUT2D eigenvalue weighted by atomic mass is 10.1. The lowest BCUT2D eigenvalue weighted by Gasteiger charge is -2.19. The van der Waals surface area contributed by atoms with Gasteiger partial charge in [-0.05, 0) is 38.0 Å². The van der Waals surface area contributed by atoms with Crippen molar-refractivity contribution < 1.29 is 18.0 Å². The number of sulfonamides is 1. The third-order valence-corrected chi connectivity index (χ3v) is 8.64. The van der Waals surface area contributed by atoms with Crippen molar-refractivity contribution in [2.45, 2.75) is 56.8 Å². The number of benzene rings is 2. The van der Waals surface area contributed by atoms with E-state index in [1.165, 1.54) is 4.31 Å². The van der Waals surface area contributed by atoms with Crippen LogP contribution in [0.3, 0.4) is 0 Å². The monoisotopic (exact) mass is 558 g/mol. The normalized spacial score (nSPS) is 11.6. The van der Waals surface area contributed by atoms with Gasteiger partial charge in [-0.3, -0.25) is 10.1 Å². The SMILES string of the molecule is CCN(CC)S(=O)(=O)c1cccc(-c2nnc(SCC(=O)NC(=O)NC(C)C)n2CCc2ccccc2)c1. The Morgan fingerprint density at radius 1 is 1.03 bits per heavy atom. The predicted molar refractivity (Wildman–Crippen MR) is 148 cm³/mol. The average Bonchev–Trinajstić information content (AvgIpc) is 3.29. The zero-order valence-electron chi connectivity index (χ0n) is 22.0. The highest BCUT2D eigenvalue weighted by atomic mass is 32.2. The fourth-order valence-electron chi connectivity index (χ4n) is 3.80. The first kappa shape index (κ1) is 29.3. The molecule has 3 amide bonds. The fourth-order valence-corrected chi connectivity index (χ4v) is 6.06. The molecule has 0 unspecified atom stereocenters. The van der Waals surface area contributed by atoms with Crippen molar-refractivity contribution in [3.05, 3.63) is 60.2 Å². The molecule has 204 valence electrons. The maximum Gasteiger partial charge on any atom is 0.321 e. The minimum Gasteiger partial charge on any atom is -0.336 e. The van der Waals surface area contributed by atoms with Crippen LogP contribution in [0, 0.1) is 0 Å². The molecular weight excluding hydrogens is 524 g/mol. The number of aryl methyl sites for hydroxylation is 1. The molecule has 0 saturated carbocycles. The van der Waals surface area contributed by atoms with E-state index in [-0.39, 0.29) is 16.7 Å². The summed E-state index contributed by atoms with van der Waals surface area (Å²) in [6.45, 7) is 8.46. The average molecular weight is 559 g/mol. The summed E-state index contributed by atoms with van der Waals surface area (Å²) >= 11 is 1.16. The van der Waals surface area contributed by atoms with E-state index < -0.39 is 22.0 Å². The van der Waals surface area contributed by atoms with Gasteiger partial charge in [0.15, 0.2) is 11.0 Å². The minimum absolute atomic E-state index is 0.0363. The van der Waals surface area contributed by atoms with Crippen LogP contribution in [0.5, 0.6) is 0 Å². The third kappa shape index (κ3) is 7.65. The lowest BCUT2D eigenvalue weighted by molar-refractivity contribution is -0.117. The summed E-state index contributed by atoms with van der Waals surface area (Å²) in [7, 11) is -3.65. The zero-order chi connectivity index (χ0) is 27.7. The molecule has 0 aliphatic rings. The van der Waals surface area contributed by atoms with Crippen LogP contribution in [0.25, 0.3) is 11.4 Å². The van der Waals surface area contributed by atoms with Gasteiger partial charge in [0.1, 0.15) is 0 Å². The molecule has 0 radical (unpaired) electrons. The standard InChI is InChI=1S/C26H34N6O4S2/c1-5-31(6-2)38(35,36)22-14-10-13-21(17-22)24-29-30-26(32(24)16-15-20-11-8-7-9-12-20)37-18-23(33)28-25(34)27-19(3)4/h7-14,17,19H,5-6,15-16,18H2,1-4H3,(H2,27,28,33,34). The second-order valence-electron chi connectivity index (χ2n) is 8.78. The highest BCUT2D eigenvalue weighted by molar-refractivity contribution is 7.99. The van der Waals surface area contributed by atoms with E-state index in [2.05, 4.69) is 20.8 Å². The Balaban J connectivity index is 1.89. The zero-order valence-corrected chi connectivity index (χ0v) is 23.7.